The summed E-state index contributed by atoms with van der Waals surface area (Å²) in [5.41, 5.74) is 0. The topological polar surface area (TPSA) is 66.8 Å². The van der Waals surface area contributed by atoms with Gasteiger partial charge in [-0.1, -0.05) is 39.0 Å². The molecule has 0 saturated carbocycles. The number of unbranched alkanes of at least 4 members (excludes halogenated alkanes) is 6. The van der Waals surface area contributed by atoms with Crippen LogP contribution in [-0.4, -0.2) is 29.1 Å². The van der Waals surface area contributed by atoms with E-state index in [9.17, 15) is 4.79 Å². The van der Waals surface area contributed by atoms with E-state index in [2.05, 4.69) is 6.92 Å². The molecule has 0 aromatic carbocycles. The highest BCUT2D eigenvalue weighted by Gasteiger charge is 2.03. The first kappa shape index (κ1) is 17.4. The van der Waals surface area contributed by atoms with Gasteiger partial charge in [-0.05, 0) is 25.7 Å². The Morgan fingerprint density at radius 1 is 1.00 bits per heavy atom. The van der Waals surface area contributed by atoms with E-state index in [0.717, 1.165) is 32.1 Å². The average molecular weight is 260 g/mol. The molecule has 4 heteroatoms. The third-order valence-corrected chi connectivity index (χ3v) is 2.85. The second-order valence-electron chi connectivity index (χ2n) is 4.71. The molecule has 0 heterocycles. The molecule has 108 valence electrons. The molecule has 0 aromatic heterocycles. The lowest BCUT2D eigenvalue weighted by Crippen LogP contribution is -2.06. The Labute approximate surface area is 110 Å². The van der Waals surface area contributed by atoms with Gasteiger partial charge in [-0.25, -0.2) is 0 Å². The number of hydrogen-bond donors (Lipinski definition) is 2. The van der Waals surface area contributed by atoms with Crippen molar-refractivity contribution in [2.24, 2.45) is 0 Å². The van der Waals surface area contributed by atoms with Crippen LogP contribution in [0.1, 0.15) is 71.1 Å². The minimum atomic E-state index is -1.22. The smallest absolute Gasteiger partial charge is 0.305 e. The molecule has 0 aliphatic rings. The second kappa shape index (κ2) is 12.8. The molecule has 0 amide bonds. The molecule has 0 aliphatic carbocycles. The van der Waals surface area contributed by atoms with Crippen LogP contribution in [-0.2, 0) is 9.53 Å². The minimum Gasteiger partial charge on any atom is -0.466 e. The summed E-state index contributed by atoms with van der Waals surface area (Å²) in [4.78, 5) is 11.3. The number of ether oxygens (including phenoxy) is 1. The van der Waals surface area contributed by atoms with E-state index in [-0.39, 0.29) is 5.97 Å². The maximum Gasteiger partial charge on any atom is 0.305 e. The van der Waals surface area contributed by atoms with Crippen LogP contribution < -0.4 is 0 Å². The maximum atomic E-state index is 11.3. The van der Waals surface area contributed by atoms with E-state index < -0.39 is 6.29 Å². The molecule has 0 bridgehead atoms. The van der Waals surface area contributed by atoms with E-state index in [1.807, 2.05) is 0 Å². The van der Waals surface area contributed by atoms with Crippen molar-refractivity contribution < 1.29 is 19.7 Å². The van der Waals surface area contributed by atoms with E-state index in [1.165, 1.54) is 19.3 Å². The molecule has 18 heavy (non-hydrogen) atoms. The van der Waals surface area contributed by atoms with Crippen molar-refractivity contribution in [1.82, 2.24) is 0 Å². The number of hydrogen-bond acceptors (Lipinski definition) is 4. The Hall–Kier alpha value is -0.610. The molecule has 0 aliphatic heterocycles. The number of aliphatic hydroxyl groups is 2. The number of carbonyl (C=O) groups is 1. The Kier molecular flexibility index (Phi) is 12.4. The predicted octanol–water partition coefficient (Wildman–Crippen LogP) is 2.76. The van der Waals surface area contributed by atoms with Gasteiger partial charge in [-0.2, -0.15) is 0 Å². The molecule has 0 fully saturated rings. The van der Waals surface area contributed by atoms with E-state index in [4.69, 9.17) is 14.9 Å². The van der Waals surface area contributed by atoms with E-state index >= 15 is 0 Å². The molecule has 4 nitrogen and oxygen atoms in total. The van der Waals surface area contributed by atoms with Crippen molar-refractivity contribution in [2.45, 2.75) is 77.4 Å². The first-order chi connectivity index (χ1) is 8.66. The molecule has 0 aromatic rings. The molecule has 0 rings (SSSR count). The standard InChI is InChI=1S/C14H28O4/c1-2-3-4-5-9-12-18-14(17)11-8-6-7-10-13(15)16/h13,15-16H,2-12H2,1H3. The largest absolute Gasteiger partial charge is 0.466 e. The quantitative estimate of drug-likeness (QED) is 0.322. The van der Waals surface area contributed by atoms with Gasteiger partial charge in [0.2, 0.25) is 0 Å². The van der Waals surface area contributed by atoms with Gasteiger partial charge in [0.1, 0.15) is 0 Å². The Morgan fingerprint density at radius 3 is 2.33 bits per heavy atom. The normalized spacial score (nSPS) is 10.9. The lowest BCUT2D eigenvalue weighted by Gasteiger charge is -2.05. The van der Waals surface area contributed by atoms with Crippen LogP contribution in [0.5, 0.6) is 0 Å². The van der Waals surface area contributed by atoms with Crippen molar-refractivity contribution in [3.63, 3.8) is 0 Å². The SMILES string of the molecule is CCCCCCCOC(=O)CCCCCC(O)O. The number of carbonyl (C=O) groups excluding carboxylic acids is 1. The third kappa shape index (κ3) is 13.5. The van der Waals surface area contributed by atoms with Gasteiger partial charge in [-0.3, -0.25) is 4.79 Å². The van der Waals surface area contributed by atoms with Gasteiger partial charge in [0.05, 0.1) is 6.61 Å². The van der Waals surface area contributed by atoms with Gasteiger partial charge < -0.3 is 14.9 Å². The lowest BCUT2D eigenvalue weighted by molar-refractivity contribution is -0.143. The number of esters is 1. The van der Waals surface area contributed by atoms with Gasteiger partial charge in [0.25, 0.3) is 0 Å². The summed E-state index contributed by atoms with van der Waals surface area (Å²) in [5.74, 6) is -0.130. The molecule has 0 saturated heterocycles. The Morgan fingerprint density at radius 2 is 1.67 bits per heavy atom. The summed E-state index contributed by atoms with van der Waals surface area (Å²) < 4.78 is 5.11. The maximum absolute atomic E-state index is 11.3. The fraction of sp³-hybridized carbons (Fsp3) is 0.929. The van der Waals surface area contributed by atoms with Crippen LogP contribution in [0.2, 0.25) is 0 Å². The monoisotopic (exact) mass is 260 g/mol. The van der Waals surface area contributed by atoms with Crippen LogP contribution in [0, 0.1) is 0 Å². The highest BCUT2D eigenvalue weighted by Crippen LogP contribution is 2.06. The van der Waals surface area contributed by atoms with Crippen LogP contribution in [0.25, 0.3) is 0 Å². The second-order valence-corrected chi connectivity index (χ2v) is 4.71. The van der Waals surface area contributed by atoms with Crippen LogP contribution >= 0.6 is 0 Å². The minimum absolute atomic E-state index is 0.130. The zero-order chi connectivity index (χ0) is 13.6. The zero-order valence-electron chi connectivity index (χ0n) is 11.6. The molecule has 0 radical (unpaired) electrons. The summed E-state index contributed by atoms with van der Waals surface area (Å²) in [6, 6.07) is 0. The fourth-order valence-corrected chi connectivity index (χ4v) is 1.74. The van der Waals surface area contributed by atoms with Crippen molar-refractivity contribution in [3.05, 3.63) is 0 Å². The van der Waals surface area contributed by atoms with Crippen molar-refractivity contribution >= 4 is 5.97 Å². The number of rotatable bonds is 12. The molecule has 0 unspecified atom stereocenters. The van der Waals surface area contributed by atoms with Gasteiger partial charge in [0.15, 0.2) is 6.29 Å². The van der Waals surface area contributed by atoms with Gasteiger partial charge in [0, 0.05) is 6.42 Å². The van der Waals surface area contributed by atoms with E-state index in [0.29, 0.717) is 19.4 Å². The Bertz CT molecular complexity index is 192. The van der Waals surface area contributed by atoms with Crippen LogP contribution in [0.15, 0.2) is 0 Å². The molecule has 2 N–H and O–H groups in total. The highest BCUT2D eigenvalue weighted by molar-refractivity contribution is 5.69. The van der Waals surface area contributed by atoms with Crippen molar-refractivity contribution in [2.75, 3.05) is 6.61 Å². The lowest BCUT2D eigenvalue weighted by atomic mass is 10.1. The van der Waals surface area contributed by atoms with E-state index in [1.54, 1.807) is 0 Å². The Balaban J connectivity index is 3.17. The highest BCUT2D eigenvalue weighted by atomic mass is 16.5. The molecule has 0 spiro atoms. The first-order valence-electron chi connectivity index (χ1n) is 7.18. The predicted molar refractivity (Wildman–Crippen MR) is 71.0 cm³/mol. The molecular formula is C14H28O4. The third-order valence-electron chi connectivity index (χ3n) is 2.85. The molecular weight excluding hydrogens is 232 g/mol. The summed E-state index contributed by atoms with van der Waals surface area (Å²) in [6.07, 6.45) is 7.73. The summed E-state index contributed by atoms with van der Waals surface area (Å²) in [6.45, 7) is 2.72. The van der Waals surface area contributed by atoms with Gasteiger partial charge in [-0.15, -0.1) is 0 Å². The number of aliphatic hydroxyl groups excluding tert-OH is 1. The van der Waals surface area contributed by atoms with Crippen LogP contribution in [0.3, 0.4) is 0 Å². The first-order valence-corrected chi connectivity index (χ1v) is 7.18. The average Bonchev–Trinajstić information content (AvgIpc) is 2.33. The molecule has 0 atom stereocenters. The van der Waals surface area contributed by atoms with Gasteiger partial charge >= 0.3 is 5.97 Å². The van der Waals surface area contributed by atoms with Crippen molar-refractivity contribution in [1.29, 1.82) is 0 Å². The zero-order valence-corrected chi connectivity index (χ0v) is 11.6. The summed E-state index contributed by atoms with van der Waals surface area (Å²) in [7, 11) is 0. The van der Waals surface area contributed by atoms with Crippen molar-refractivity contribution in [3.8, 4) is 0 Å². The summed E-state index contributed by atoms with van der Waals surface area (Å²) in [5, 5.41) is 17.3. The van der Waals surface area contributed by atoms with Crippen LogP contribution in [0.4, 0.5) is 0 Å². The summed E-state index contributed by atoms with van der Waals surface area (Å²) >= 11 is 0. The fourth-order valence-electron chi connectivity index (χ4n) is 1.74.